The fourth-order valence-corrected chi connectivity index (χ4v) is 4.60. The van der Waals surface area contributed by atoms with Crippen LogP contribution in [-0.4, -0.2) is 28.8 Å². The molecule has 1 aliphatic heterocycles. The molecule has 0 amide bonds. The van der Waals surface area contributed by atoms with Crippen LogP contribution in [0.1, 0.15) is 52.6 Å². The Hall–Kier alpha value is -2.95. The van der Waals surface area contributed by atoms with Gasteiger partial charge in [0.15, 0.2) is 5.78 Å². The van der Waals surface area contributed by atoms with Crippen molar-refractivity contribution >= 4 is 11.7 Å². The van der Waals surface area contributed by atoms with Gasteiger partial charge in [-0.1, -0.05) is 30.3 Å². The zero-order valence-corrected chi connectivity index (χ0v) is 16.5. The van der Waals surface area contributed by atoms with E-state index in [0.29, 0.717) is 17.9 Å². The molecule has 3 aromatic rings. The number of hydrogen-bond acceptors (Lipinski definition) is 5. The lowest BCUT2D eigenvalue weighted by atomic mass is 9.85. The smallest absolute Gasteiger partial charge is 0.225 e. The number of anilines is 1. The summed E-state index contributed by atoms with van der Waals surface area (Å²) in [7, 11) is 0. The summed E-state index contributed by atoms with van der Waals surface area (Å²) in [5, 5.41) is 0. The van der Waals surface area contributed by atoms with Gasteiger partial charge in [-0.3, -0.25) is 4.79 Å². The third kappa shape index (κ3) is 3.82. The van der Waals surface area contributed by atoms with E-state index in [-0.39, 0.29) is 11.7 Å². The molecule has 3 heterocycles. The van der Waals surface area contributed by atoms with Gasteiger partial charge in [0.2, 0.25) is 5.95 Å². The van der Waals surface area contributed by atoms with Crippen molar-refractivity contribution in [2.45, 2.75) is 38.0 Å². The molecule has 1 fully saturated rings. The minimum Gasteiger partial charge on any atom is -0.469 e. The number of hydrogen-bond donors (Lipinski definition) is 0. The maximum absolute atomic E-state index is 12.6. The highest BCUT2D eigenvalue weighted by Crippen LogP contribution is 2.33. The van der Waals surface area contributed by atoms with Crippen LogP contribution in [0, 0.1) is 5.92 Å². The summed E-state index contributed by atoms with van der Waals surface area (Å²) in [6, 6.07) is 14.5. The fourth-order valence-electron chi connectivity index (χ4n) is 4.60. The number of furan rings is 1. The zero-order chi connectivity index (χ0) is 19.6. The van der Waals surface area contributed by atoms with E-state index in [2.05, 4.69) is 40.2 Å². The highest BCUT2D eigenvalue weighted by Gasteiger charge is 2.30. The average Bonchev–Trinajstić information content (AvgIpc) is 3.30. The first-order valence-corrected chi connectivity index (χ1v) is 10.5. The molecule has 29 heavy (non-hydrogen) atoms. The minimum atomic E-state index is 0.0735. The predicted molar refractivity (Wildman–Crippen MR) is 111 cm³/mol. The maximum atomic E-state index is 12.6. The Labute approximate surface area is 170 Å². The van der Waals surface area contributed by atoms with Gasteiger partial charge in [-0.15, -0.1) is 0 Å². The van der Waals surface area contributed by atoms with Crippen molar-refractivity contribution in [3.63, 3.8) is 0 Å². The SMILES string of the molecule is O=C1CC(c2ccco2)Cc2nc(N3CCC(Cc4ccccc4)CC3)ncc21. The first-order valence-electron chi connectivity index (χ1n) is 10.5. The predicted octanol–water partition coefficient (Wildman–Crippen LogP) is 4.44. The van der Waals surface area contributed by atoms with Gasteiger partial charge < -0.3 is 9.32 Å². The number of Topliss-reactive ketones (excluding diaryl/α,β-unsaturated/α-hetero) is 1. The van der Waals surface area contributed by atoms with Gasteiger partial charge in [0.1, 0.15) is 5.76 Å². The molecule has 1 saturated heterocycles. The number of nitrogens with zero attached hydrogens (tertiary/aromatic N) is 3. The summed E-state index contributed by atoms with van der Waals surface area (Å²) in [5.74, 6) is 2.52. The Kier molecular flexibility index (Phi) is 4.88. The summed E-state index contributed by atoms with van der Waals surface area (Å²) in [5.41, 5.74) is 2.95. The highest BCUT2D eigenvalue weighted by molar-refractivity contribution is 5.98. The van der Waals surface area contributed by atoms with E-state index < -0.39 is 0 Å². The van der Waals surface area contributed by atoms with Crippen molar-refractivity contribution in [2.24, 2.45) is 5.92 Å². The van der Waals surface area contributed by atoms with Crippen LogP contribution in [0.3, 0.4) is 0 Å². The molecule has 0 N–H and O–H groups in total. The number of aromatic nitrogens is 2. The van der Waals surface area contributed by atoms with E-state index in [1.807, 2.05) is 12.1 Å². The second-order valence-electron chi connectivity index (χ2n) is 8.19. The van der Waals surface area contributed by atoms with E-state index in [1.54, 1.807) is 12.5 Å². The number of ketones is 1. The van der Waals surface area contributed by atoms with E-state index in [9.17, 15) is 4.79 Å². The Morgan fingerprint density at radius 2 is 1.86 bits per heavy atom. The summed E-state index contributed by atoms with van der Waals surface area (Å²) in [6.07, 6.45) is 8.02. The molecule has 1 aromatic carbocycles. The van der Waals surface area contributed by atoms with E-state index in [0.717, 1.165) is 56.2 Å². The monoisotopic (exact) mass is 387 g/mol. The summed E-state index contributed by atoms with van der Waals surface area (Å²) >= 11 is 0. The quantitative estimate of drug-likeness (QED) is 0.662. The van der Waals surface area contributed by atoms with Gasteiger partial charge in [-0.25, -0.2) is 9.97 Å². The Morgan fingerprint density at radius 3 is 2.62 bits per heavy atom. The van der Waals surface area contributed by atoms with Crippen LogP contribution >= 0.6 is 0 Å². The zero-order valence-electron chi connectivity index (χ0n) is 16.5. The van der Waals surface area contributed by atoms with Crippen molar-refractivity contribution < 1.29 is 9.21 Å². The molecule has 0 spiro atoms. The Balaban J connectivity index is 1.27. The molecule has 0 saturated carbocycles. The molecule has 1 atom stereocenters. The second kappa shape index (κ2) is 7.82. The lowest BCUT2D eigenvalue weighted by molar-refractivity contribution is 0.0958. The number of carbonyl (C=O) groups is 1. The highest BCUT2D eigenvalue weighted by atomic mass is 16.3. The van der Waals surface area contributed by atoms with Crippen LogP contribution in [0.15, 0.2) is 59.3 Å². The number of benzene rings is 1. The summed E-state index contributed by atoms with van der Waals surface area (Å²) in [4.78, 5) is 24.2. The van der Waals surface area contributed by atoms with Crippen LogP contribution < -0.4 is 4.90 Å². The van der Waals surface area contributed by atoms with Crippen LogP contribution in [0.25, 0.3) is 0 Å². The van der Waals surface area contributed by atoms with Crippen molar-refractivity contribution in [1.82, 2.24) is 9.97 Å². The first kappa shape index (κ1) is 18.1. The van der Waals surface area contributed by atoms with E-state index in [4.69, 9.17) is 9.40 Å². The molecule has 148 valence electrons. The summed E-state index contributed by atoms with van der Waals surface area (Å²) in [6.45, 7) is 1.93. The number of piperidine rings is 1. The molecule has 2 aliphatic rings. The molecule has 0 radical (unpaired) electrons. The standard InChI is InChI=1S/C24H25N3O2/c28-22-15-19(23-7-4-12-29-23)14-21-20(22)16-25-24(26-21)27-10-8-18(9-11-27)13-17-5-2-1-3-6-17/h1-7,12,16,18-19H,8-11,13-15H2. The lowest BCUT2D eigenvalue weighted by Crippen LogP contribution is -2.36. The van der Waals surface area contributed by atoms with Crippen molar-refractivity contribution in [2.75, 3.05) is 18.0 Å². The molecule has 0 bridgehead atoms. The van der Waals surface area contributed by atoms with Crippen LogP contribution in [0.4, 0.5) is 5.95 Å². The van der Waals surface area contributed by atoms with Gasteiger partial charge in [0.25, 0.3) is 0 Å². The number of fused-ring (bicyclic) bond motifs is 1. The topological polar surface area (TPSA) is 59.2 Å². The molecule has 5 nitrogen and oxygen atoms in total. The van der Waals surface area contributed by atoms with Gasteiger partial charge in [-0.2, -0.15) is 0 Å². The van der Waals surface area contributed by atoms with Gasteiger partial charge in [-0.05, 0) is 42.9 Å². The third-order valence-electron chi connectivity index (χ3n) is 6.24. The second-order valence-corrected chi connectivity index (χ2v) is 8.19. The fraction of sp³-hybridized carbons (Fsp3) is 0.375. The largest absolute Gasteiger partial charge is 0.469 e. The Bertz CT molecular complexity index is 977. The van der Waals surface area contributed by atoms with Crippen LogP contribution in [0.2, 0.25) is 0 Å². The van der Waals surface area contributed by atoms with Gasteiger partial charge in [0.05, 0.1) is 17.5 Å². The molecule has 1 aliphatic carbocycles. The van der Waals surface area contributed by atoms with E-state index >= 15 is 0 Å². The van der Waals surface area contributed by atoms with Gasteiger partial charge >= 0.3 is 0 Å². The first-order chi connectivity index (χ1) is 14.3. The van der Waals surface area contributed by atoms with Crippen molar-refractivity contribution in [3.8, 4) is 0 Å². The van der Waals surface area contributed by atoms with Crippen LogP contribution in [-0.2, 0) is 12.8 Å². The minimum absolute atomic E-state index is 0.0735. The molecule has 1 unspecified atom stereocenters. The normalized spacial score (nSPS) is 19.9. The lowest BCUT2D eigenvalue weighted by Gasteiger charge is -2.32. The van der Waals surface area contributed by atoms with Crippen LogP contribution in [0.5, 0.6) is 0 Å². The third-order valence-corrected chi connectivity index (χ3v) is 6.24. The molecule has 2 aromatic heterocycles. The maximum Gasteiger partial charge on any atom is 0.225 e. The van der Waals surface area contributed by atoms with Crippen molar-refractivity contribution in [3.05, 3.63) is 77.5 Å². The summed E-state index contributed by atoms with van der Waals surface area (Å²) < 4.78 is 5.54. The molecular formula is C24H25N3O2. The Morgan fingerprint density at radius 1 is 1.03 bits per heavy atom. The van der Waals surface area contributed by atoms with Gasteiger partial charge in [0, 0.05) is 38.0 Å². The van der Waals surface area contributed by atoms with Crippen molar-refractivity contribution in [1.29, 1.82) is 0 Å². The van der Waals surface area contributed by atoms with E-state index in [1.165, 1.54) is 5.56 Å². The number of rotatable bonds is 4. The average molecular weight is 387 g/mol. The molecule has 5 rings (SSSR count). The molecular weight excluding hydrogens is 362 g/mol. The number of carbonyl (C=O) groups excluding carboxylic acids is 1. The molecule has 5 heteroatoms.